The first-order chi connectivity index (χ1) is 15.5. The van der Waals surface area contributed by atoms with E-state index in [1.807, 2.05) is 29.4 Å². The molecule has 170 valence electrons. The molecule has 0 radical (unpaired) electrons. The monoisotopic (exact) mass is 434 g/mol. The predicted molar refractivity (Wildman–Crippen MR) is 125 cm³/mol. The number of hydrogen-bond donors (Lipinski definition) is 1. The Labute approximate surface area is 190 Å². The van der Waals surface area contributed by atoms with Crippen LogP contribution in [0.25, 0.3) is 0 Å². The summed E-state index contributed by atoms with van der Waals surface area (Å²) >= 11 is 0. The number of aromatic nitrogens is 1. The lowest BCUT2D eigenvalue weighted by Crippen LogP contribution is -2.48. The summed E-state index contributed by atoms with van der Waals surface area (Å²) < 4.78 is 0. The number of benzene rings is 1. The van der Waals surface area contributed by atoms with Crippen molar-refractivity contribution in [1.82, 2.24) is 14.8 Å². The molecule has 4 rings (SSSR count). The Morgan fingerprint density at radius 2 is 1.81 bits per heavy atom. The number of amides is 2. The van der Waals surface area contributed by atoms with E-state index in [0.29, 0.717) is 12.3 Å². The van der Waals surface area contributed by atoms with E-state index in [1.54, 1.807) is 6.92 Å². The minimum absolute atomic E-state index is 0.141. The molecule has 1 aromatic carbocycles. The molecule has 1 aromatic heterocycles. The lowest BCUT2D eigenvalue weighted by molar-refractivity contribution is -0.130. The molecular formula is C26H34N4O2. The second kappa shape index (κ2) is 9.82. The average Bonchev–Trinajstić information content (AvgIpc) is 2.81. The van der Waals surface area contributed by atoms with Gasteiger partial charge in [-0.2, -0.15) is 0 Å². The highest BCUT2D eigenvalue weighted by Gasteiger charge is 2.40. The standard InChI is InChI=1S/C26H34N4O2/c1-20(31)30-14-4-6-23(19-30)24-7-3-2-5-22(24)17-26(25(27)32)10-15-29(16-11-26)18-21-8-12-28-13-9-21/h2-3,5,7-9,12-13,23H,4,6,10-11,14-19H2,1H3,(H2,27,32)/t23-/m0/s1. The van der Waals surface area contributed by atoms with Crippen molar-refractivity contribution in [3.8, 4) is 0 Å². The fourth-order valence-electron chi connectivity index (χ4n) is 5.37. The van der Waals surface area contributed by atoms with E-state index < -0.39 is 5.41 Å². The second-order valence-electron chi connectivity index (χ2n) is 9.46. The molecule has 6 heteroatoms. The number of carbonyl (C=O) groups is 2. The van der Waals surface area contributed by atoms with Crippen LogP contribution in [0.5, 0.6) is 0 Å². The fraction of sp³-hybridized carbons (Fsp3) is 0.500. The van der Waals surface area contributed by atoms with Gasteiger partial charge in [-0.3, -0.25) is 19.5 Å². The molecule has 0 unspecified atom stereocenters. The third-order valence-electron chi connectivity index (χ3n) is 7.38. The summed E-state index contributed by atoms with van der Waals surface area (Å²) in [6, 6.07) is 12.5. The molecule has 6 nitrogen and oxygen atoms in total. The largest absolute Gasteiger partial charge is 0.369 e. The summed E-state index contributed by atoms with van der Waals surface area (Å²) in [6.45, 7) is 5.83. The summed E-state index contributed by atoms with van der Waals surface area (Å²) in [5.74, 6) is 0.271. The summed E-state index contributed by atoms with van der Waals surface area (Å²) in [7, 11) is 0. The van der Waals surface area contributed by atoms with Gasteiger partial charge < -0.3 is 10.6 Å². The highest BCUT2D eigenvalue weighted by Crippen LogP contribution is 2.38. The van der Waals surface area contributed by atoms with Gasteiger partial charge in [0.15, 0.2) is 0 Å². The number of nitrogens with zero attached hydrogens (tertiary/aromatic N) is 3. The van der Waals surface area contributed by atoms with Crippen molar-refractivity contribution in [1.29, 1.82) is 0 Å². The molecule has 2 N–H and O–H groups in total. The van der Waals surface area contributed by atoms with E-state index in [0.717, 1.165) is 58.4 Å². The van der Waals surface area contributed by atoms with Gasteiger partial charge in [0, 0.05) is 44.9 Å². The van der Waals surface area contributed by atoms with E-state index in [9.17, 15) is 9.59 Å². The fourth-order valence-corrected chi connectivity index (χ4v) is 5.37. The van der Waals surface area contributed by atoms with Crippen LogP contribution >= 0.6 is 0 Å². The SMILES string of the molecule is CC(=O)N1CCC[C@H](c2ccccc2CC2(C(N)=O)CCN(Cc3ccncc3)CC2)C1. The Morgan fingerprint density at radius 3 is 2.50 bits per heavy atom. The number of carbonyl (C=O) groups excluding carboxylic acids is 2. The number of likely N-dealkylation sites (tertiary alicyclic amines) is 2. The summed E-state index contributed by atoms with van der Waals surface area (Å²) in [4.78, 5) is 33.1. The van der Waals surface area contributed by atoms with Gasteiger partial charge >= 0.3 is 0 Å². The Bertz CT molecular complexity index is 938. The minimum atomic E-state index is -0.514. The first-order valence-electron chi connectivity index (χ1n) is 11.7. The van der Waals surface area contributed by atoms with Crippen LogP contribution in [0.15, 0.2) is 48.8 Å². The number of nitrogens with two attached hydrogens (primary N) is 1. The van der Waals surface area contributed by atoms with Crippen LogP contribution in [0, 0.1) is 5.41 Å². The van der Waals surface area contributed by atoms with Crippen LogP contribution in [0.1, 0.15) is 55.2 Å². The molecule has 2 aliphatic rings. The first kappa shape index (κ1) is 22.5. The van der Waals surface area contributed by atoms with Gasteiger partial charge in [0.25, 0.3) is 0 Å². The zero-order valence-electron chi connectivity index (χ0n) is 19.0. The van der Waals surface area contributed by atoms with E-state index in [4.69, 9.17) is 5.73 Å². The van der Waals surface area contributed by atoms with Crippen LogP contribution < -0.4 is 5.73 Å². The predicted octanol–water partition coefficient (Wildman–Crippen LogP) is 3.12. The van der Waals surface area contributed by atoms with Crippen LogP contribution in [0.3, 0.4) is 0 Å². The second-order valence-corrected chi connectivity index (χ2v) is 9.46. The molecule has 32 heavy (non-hydrogen) atoms. The van der Waals surface area contributed by atoms with Crippen molar-refractivity contribution < 1.29 is 9.59 Å². The van der Waals surface area contributed by atoms with Crippen molar-refractivity contribution in [3.05, 3.63) is 65.5 Å². The molecule has 2 aromatic rings. The third-order valence-corrected chi connectivity index (χ3v) is 7.38. The maximum atomic E-state index is 12.7. The van der Waals surface area contributed by atoms with Crippen LogP contribution in [0.4, 0.5) is 0 Å². The Morgan fingerprint density at radius 1 is 1.09 bits per heavy atom. The number of primary amides is 1. The van der Waals surface area contributed by atoms with E-state index in [-0.39, 0.29) is 11.8 Å². The van der Waals surface area contributed by atoms with Crippen molar-refractivity contribution in [3.63, 3.8) is 0 Å². The first-order valence-corrected chi connectivity index (χ1v) is 11.7. The normalized spacial score (nSPS) is 21.3. The molecule has 2 saturated heterocycles. The van der Waals surface area contributed by atoms with Gasteiger partial charge in [-0.25, -0.2) is 0 Å². The van der Waals surface area contributed by atoms with Crippen LogP contribution in [-0.4, -0.2) is 52.8 Å². The van der Waals surface area contributed by atoms with Gasteiger partial charge in [-0.1, -0.05) is 24.3 Å². The van der Waals surface area contributed by atoms with Crippen molar-refractivity contribution in [2.24, 2.45) is 11.1 Å². The highest BCUT2D eigenvalue weighted by molar-refractivity contribution is 5.81. The molecular weight excluding hydrogens is 400 g/mol. The summed E-state index contributed by atoms with van der Waals surface area (Å²) in [5.41, 5.74) is 9.23. The van der Waals surface area contributed by atoms with Gasteiger partial charge in [0.2, 0.25) is 11.8 Å². The maximum absolute atomic E-state index is 12.7. The third kappa shape index (κ3) is 5.01. The number of piperidine rings is 2. The highest BCUT2D eigenvalue weighted by atomic mass is 16.2. The summed E-state index contributed by atoms with van der Waals surface area (Å²) in [6.07, 6.45) is 7.95. The molecule has 0 spiro atoms. The van der Waals surface area contributed by atoms with Crippen molar-refractivity contribution in [2.45, 2.75) is 51.5 Å². The zero-order chi connectivity index (χ0) is 22.6. The molecule has 1 atom stereocenters. The van der Waals surface area contributed by atoms with Gasteiger partial charge in [-0.05, 0) is 74.0 Å². The molecule has 2 amide bonds. The van der Waals surface area contributed by atoms with Crippen molar-refractivity contribution >= 4 is 11.8 Å². The van der Waals surface area contributed by atoms with E-state index in [2.05, 4.69) is 34.1 Å². The van der Waals surface area contributed by atoms with E-state index in [1.165, 1.54) is 16.7 Å². The Balaban J connectivity index is 1.48. The summed E-state index contributed by atoms with van der Waals surface area (Å²) in [5, 5.41) is 0. The minimum Gasteiger partial charge on any atom is -0.369 e. The zero-order valence-corrected chi connectivity index (χ0v) is 19.0. The molecule has 0 saturated carbocycles. The lowest BCUT2D eigenvalue weighted by Gasteiger charge is -2.41. The number of rotatable bonds is 6. The lowest BCUT2D eigenvalue weighted by atomic mass is 9.71. The smallest absolute Gasteiger partial charge is 0.224 e. The molecule has 0 bridgehead atoms. The Kier molecular flexibility index (Phi) is 6.89. The molecule has 3 heterocycles. The topological polar surface area (TPSA) is 79.5 Å². The van der Waals surface area contributed by atoms with Crippen LogP contribution in [0.2, 0.25) is 0 Å². The molecule has 2 aliphatic heterocycles. The van der Waals surface area contributed by atoms with Crippen molar-refractivity contribution in [2.75, 3.05) is 26.2 Å². The van der Waals surface area contributed by atoms with Gasteiger partial charge in [0.1, 0.15) is 0 Å². The van der Waals surface area contributed by atoms with Gasteiger partial charge in [-0.15, -0.1) is 0 Å². The maximum Gasteiger partial charge on any atom is 0.224 e. The van der Waals surface area contributed by atoms with Gasteiger partial charge in [0.05, 0.1) is 5.41 Å². The average molecular weight is 435 g/mol. The molecule has 0 aliphatic carbocycles. The molecule has 2 fully saturated rings. The number of hydrogen-bond acceptors (Lipinski definition) is 4. The quantitative estimate of drug-likeness (QED) is 0.758. The Hall–Kier alpha value is -2.73. The van der Waals surface area contributed by atoms with Crippen LogP contribution in [-0.2, 0) is 22.6 Å². The number of pyridine rings is 1. The van der Waals surface area contributed by atoms with E-state index >= 15 is 0 Å².